The van der Waals surface area contributed by atoms with Crippen molar-refractivity contribution in [2.24, 2.45) is 0 Å². The smallest absolute Gasteiger partial charge is 0.414 e. The molecule has 0 aliphatic heterocycles. The fourth-order valence-electron chi connectivity index (χ4n) is 0.274. The van der Waals surface area contributed by atoms with Gasteiger partial charge in [0.15, 0.2) is 8.32 Å². The third kappa shape index (κ3) is 6.31. The highest BCUT2D eigenvalue weighted by molar-refractivity contribution is 6.74. The largest absolute Gasteiger partial charge is 0.560 e. The standard InChI is InChI=1S/C3H11O3Si2/c1-8(2,3)6-7(4)5/h4-5H,1-3H3. The Balaban J connectivity index is 3.39. The molecule has 0 unspecified atom stereocenters. The van der Waals surface area contributed by atoms with E-state index in [-0.39, 0.29) is 0 Å². The summed E-state index contributed by atoms with van der Waals surface area (Å²) in [5.74, 6) is 0. The van der Waals surface area contributed by atoms with Gasteiger partial charge in [0.25, 0.3) is 0 Å². The van der Waals surface area contributed by atoms with E-state index in [4.69, 9.17) is 13.7 Å². The van der Waals surface area contributed by atoms with E-state index in [0.717, 1.165) is 0 Å². The first-order valence-electron chi connectivity index (χ1n) is 2.36. The second kappa shape index (κ2) is 2.74. The SMILES string of the molecule is C[Si](C)(C)O[Si](O)O. The van der Waals surface area contributed by atoms with Crippen LogP contribution in [0.5, 0.6) is 0 Å². The Morgan fingerprint density at radius 2 is 1.62 bits per heavy atom. The zero-order valence-corrected chi connectivity index (χ0v) is 7.30. The molecule has 3 nitrogen and oxygen atoms in total. The summed E-state index contributed by atoms with van der Waals surface area (Å²) in [6.07, 6.45) is 0. The molecule has 0 spiro atoms. The summed E-state index contributed by atoms with van der Waals surface area (Å²) in [5, 5.41) is 0. The minimum atomic E-state index is -2.43. The lowest BCUT2D eigenvalue weighted by molar-refractivity contribution is 0.285. The van der Waals surface area contributed by atoms with Crippen LogP contribution in [0.25, 0.3) is 0 Å². The van der Waals surface area contributed by atoms with Crippen molar-refractivity contribution in [2.45, 2.75) is 19.6 Å². The number of hydrogen-bond acceptors (Lipinski definition) is 3. The molecular weight excluding hydrogens is 140 g/mol. The van der Waals surface area contributed by atoms with Crippen molar-refractivity contribution in [1.29, 1.82) is 0 Å². The van der Waals surface area contributed by atoms with Crippen molar-refractivity contribution >= 4 is 17.8 Å². The molecule has 0 aromatic rings. The molecule has 0 amide bonds. The zero-order chi connectivity index (χ0) is 6.78. The Kier molecular flexibility index (Phi) is 2.85. The Morgan fingerprint density at radius 3 is 1.62 bits per heavy atom. The van der Waals surface area contributed by atoms with Gasteiger partial charge in [-0.3, -0.25) is 0 Å². The van der Waals surface area contributed by atoms with Crippen LogP contribution < -0.4 is 0 Å². The maximum Gasteiger partial charge on any atom is 0.560 e. The summed E-state index contributed by atoms with van der Waals surface area (Å²) in [6.45, 7) is 5.72. The molecule has 0 fully saturated rings. The Bertz CT molecular complexity index is 67.4. The number of rotatable bonds is 2. The second-order valence-corrected chi connectivity index (χ2v) is 8.10. The molecule has 49 valence electrons. The zero-order valence-electron chi connectivity index (χ0n) is 5.30. The highest BCUT2D eigenvalue weighted by Crippen LogP contribution is 2.01. The van der Waals surface area contributed by atoms with Crippen molar-refractivity contribution in [3.63, 3.8) is 0 Å². The Hall–Kier alpha value is 0.314. The van der Waals surface area contributed by atoms with E-state index in [2.05, 4.69) is 0 Å². The third-order valence-corrected chi connectivity index (χ3v) is 3.58. The molecule has 5 heteroatoms. The summed E-state index contributed by atoms with van der Waals surface area (Å²) in [6, 6.07) is 0. The predicted octanol–water partition coefficient (Wildman–Crippen LogP) is -0.193. The fourth-order valence-corrected chi connectivity index (χ4v) is 2.46. The molecule has 0 aliphatic carbocycles. The van der Waals surface area contributed by atoms with E-state index in [9.17, 15) is 0 Å². The average molecular weight is 151 g/mol. The quantitative estimate of drug-likeness (QED) is 0.538. The van der Waals surface area contributed by atoms with Gasteiger partial charge in [0.1, 0.15) is 0 Å². The molecule has 0 aliphatic rings. The van der Waals surface area contributed by atoms with Crippen LogP contribution in [0.2, 0.25) is 19.6 Å². The van der Waals surface area contributed by atoms with Gasteiger partial charge in [0.05, 0.1) is 0 Å². The average Bonchev–Trinajstić information content (AvgIpc) is 1.21. The molecule has 0 aromatic heterocycles. The normalized spacial score (nSPS) is 12.8. The van der Waals surface area contributed by atoms with Crippen molar-refractivity contribution in [1.82, 2.24) is 0 Å². The first-order valence-corrected chi connectivity index (χ1v) is 7.07. The molecule has 0 heterocycles. The van der Waals surface area contributed by atoms with Crippen LogP contribution in [0.1, 0.15) is 0 Å². The molecule has 0 saturated heterocycles. The first kappa shape index (κ1) is 8.31. The topological polar surface area (TPSA) is 49.7 Å². The first-order chi connectivity index (χ1) is 3.42. The molecule has 0 atom stereocenters. The molecule has 0 rings (SSSR count). The van der Waals surface area contributed by atoms with Gasteiger partial charge in [-0.25, -0.2) is 0 Å². The lowest BCUT2D eigenvalue weighted by Crippen LogP contribution is -2.34. The third-order valence-electron chi connectivity index (χ3n) is 0.397. The maximum atomic E-state index is 8.36. The van der Waals surface area contributed by atoms with Crippen LogP contribution in [-0.4, -0.2) is 27.4 Å². The van der Waals surface area contributed by atoms with Gasteiger partial charge in [-0.1, -0.05) is 0 Å². The fraction of sp³-hybridized carbons (Fsp3) is 1.00. The highest BCUT2D eigenvalue weighted by atomic mass is 28.4. The maximum absolute atomic E-state index is 8.36. The van der Waals surface area contributed by atoms with Gasteiger partial charge >= 0.3 is 9.53 Å². The molecule has 0 bridgehead atoms. The van der Waals surface area contributed by atoms with Crippen LogP contribution >= 0.6 is 0 Å². The van der Waals surface area contributed by atoms with Gasteiger partial charge in [-0.15, -0.1) is 0 Å². The van der Waals surface area contributed by atoms with Crippen molar-refractivity contribution in [2.75, 3.05) is 0 Å². The summed E-state index contributed by atoms with van der Waals surface area (Å²) >= 11 is 0. The molecule has 2 N–H and O–H groups in total. The summed E-state index contributed by atoms with van der Waals surface area (Å²) in [5.41, 5.74) is 0. The van der Waals surface area contributed by atoms with E-state index >= 15 is 0 Å². The van der Waals surface area contributed by atoms with E-state index in [0.29, 0.717) is 0 Å². The van der Waals surface area contributed by atoms with Crippen molar-refractivity contribution in [3.05, 3.63) is 0 Å². The van der Waals surface area contributed by atoms with Crippen LogP contribution in [0.3, 0.4) is 0 Å². The van der Waals surface area contributed by atoms with Gasteiger partial charge < -0.3 is 13.7 Å². The summed E-state index contributed by atoms with van der Waals surface area (Å²) < 4.78 is 4.79. The van der Waals surface area contributed by atoms with E-state index in [1.807, 2.05) is 19.6 Å². The highest BCUT2D eigenvalue weighted by Gasteiger charge is 2.20. The molecular formula is C3H11O3Si2. The van der Waals surface area contributed by atoms with E-state index in [1.54, 1.807) is 0 Å². The minimum Gasteiger partial charge on any atom is -0.414 e. The summed E-state index contributed by atoms with van der Waals surface area (Å²) in [4.78, 5) is 16.7. The van der Waals surface area contributed by atoms with E-state index < -0.39 is 17.8 Å². The van der Waals surface area contributed by atoms with Crippen LogP contribution in [0.15, 0.2) is 0 Å². The summed E-state index contributed by atoms with van der Waals surface area (Å²) in [7, 11) is -4.11. The van der Waals surface area contributed by atoms with Gasteiger partial charge in [0.2, 0.25) is 0 Å². The monoisotopic (exact) mass is 151 g/mol. The molecule has 0 saturated carbocycles. The minimum absolute atomic E-state index is 1.68. The lowest BCUT2D eigenvalue weighted by atomic mass is 11.8. The number of hydrogen-bond donors (Lipinski definition) is 2. The molecule has 8 heavy (non-hydrogen) atoms. The van der Waals surface area contributed by atoms with Gasteiger partial charge in [-0.05, 0) is 19.6 Å². The molecule has 1 radical (unpaired) electrons. The Morgan fingerprint density at radius 1 is 1.25 bits per heavy atom. The van der Waals surface area contributed by atoms with Crippen LogP contribution in [-0.2, 0) is 4.12 Å². The Labute approximate surface area is 52.0 Å². The van der Waals surface area contributed by atoms with Gasteiger partial charge in [-0.2, -0.15) is 0 Å². The van der Waals surface area contributed by atoms with E-state index in [1.165, 1.54) is 0 Å². The molecule has 0 aromatic carbocycles. The van der Waals surface area contributed by atoms with Crippen LogP contribution in [0.4, 0.5) is 0 Å². The van der Waals surface area contributed by atoms with Crippen molar-refractivity contribution in [3.8, 4) is 0 Å². The van der Waals surface area contributed by atoms with Crippen molar-refractivity contribution < 1.29 is 13.7 Å². The second-order valence-electron chi connectivity index (χ2n) is 2.50. The predicted molar refractivity (Wildman–Crippen MR) is 34.6 cm³/mol. The van der Waals surface area contributed by atoms with Gasteiger partial charge in [0, 0.05) is 0 Å². The van der Waals surface area contributed by atoms with Crippen LogP contribution in [0, 0.1) is 0 Å². The lowest BCUT2D eigenvalue weighted by Gasteiger charge is -2.15.